The van der Waals surface area contributed by atoms with Crippen LogP contribution in [-0.2, 0) is 4.74 Å². The topological polar surface area (TPSA) is 18.5 Å². The fourth-order valence-corrected chi connectivity index (χ4v) is 1.74. The highest BCUT2D eigenvalue weighted by atomic mass is 16.5. The summed E-state index contributed by atoms with van der Waals surface area (Å²) >= 11 is 0. The summed E-state index contributed by atoms with van der Waals surface area (Å²) in [6, 6.07) is 8.38. The molecular formula is C14H20O2. The van der Waals surface area contributed by atoms with Crippen molar-refractivity contribution in [3.05, 3.63) is 29.8 Å². The lowest BCUT2D eigenvalue weighted by molar-refractivity contribution is -0.120. The number of benzene rings is 1. The molecule has 1 heterocycles. The SMILES string of the molecule is CC(C)c1ccc(OCC2(C)COC2)cc1. The molecule has 1 aromatic rings. The van der Waals surface area contributed by atoms with Crippen molar-refractivity contribution in [1.82, 2.24) is 0 Å². The molecule has 2 rings (SSSR count). The molecule has 0 unspecified atom stereocenters. The lowest BCUT2D eigenvalue weighted by Crippen LogP contribution is -2.44. The Morgan fingerprint density at radius 3 is 2.31 bits per heavy atom. The van der Waals surface area contributed by atoms with Crippen LogP contribution in [0, 0.1) is 5.41 Å². The third-order valence-corrected chi connectivity index (χ3v) is 3.04. The molecule has 1 aliphatic rings. The van der Waals surface area contributed by atoms with E-state index in [-0.39, 0.29) is 5.41 Å². The van der Waals surface area contributed by atoms with Crippen molar-refractivity contribution in [3.8, 4) is 5.75 Å². The third-order valence-electron chi connectivity index (χ3n) is 3.04. The molecule has 0 N–H and O–H groups in total. The lowest BCUT2D eigenvalue weighted by atomic mass is 9.90. The molecule has 1 saturated heterocycles. The van der Waals surface area contributed by atoms with Crippen molar-refractivity contribution in [1.29, 1.82) is 0 Å². The van der Waals surface area contributed by atoms with E-state index in [1.165, 1.54) is 5.56 Å². The first-order valence-electron chi connectivity index (χ1n) is 5.90. The van der Waals surface area contributed by atoms with E-state index in [0.29, 0.717) is 5.92 Å². The monoisotopic (exact) mass is 220 g/mol. The highest BCUT2D eigenvalue weighted by Gasteiger charge is 2.34. The molecule has 88 valence electrons. The fourth-order valence-electron chi connectivity index (χ4n) is 1.74. The molecule has 0 aliphatic carbocycles. The predicted molar refractivity (Wildman–Crippen MR) is 65.0 cm³/mol. The van der Waals surface area contributed by atoms with Crippen molar-refractivity contribution in [2.24, 2.45) is 5.41 Å². The maximum atomic E-state index is 5.77. The quantitative estimate of drug-likeness (QED) is 0.775. The van der Waals surface area contributed by atoms with E-state index in [1.807, 2.05) is 0 Å². The predicted octanol–water partition coefficient (Wildman–Crippen LogP) is 3.23. The van der Waals surface area contributed by atoms with E-state index in [4.69, 9.17) is 9.47 Å². The number of rotatable bonds is 4. The molecule has 1 fully saturated rings. The van der Waals surface area contributed by atoms with Crippen molar-refractivity contribution < 1.29 is 9.47 Å². The fraction of sp³-hybridized carbons (Fsp3) is 0.571. The number of hydrogen-bond donors (Lipinski definition) is 0. The van der Waals surface area contributed by atoms with Gasteiger partial charge in [-0.1, -0.05) is 32.9 Å². The highest BCUT2D eigenvalue weighted by molar-refractivity contribution is 5.28. The summed E-state index contributed by atoms with van der Waals surface area (Å²) in [5.41, 5.74) is 1.57. The van der Waals surface area contributed by atoms with Gasteiger partial charge < -0.3 is 9.47 Å². The number of hydrogen-bond acceptors (Lipinski definition) is 2. The maximum absolute atomic E-state index is 5.77. The van der Waals surface area contributed by atoms with Gasteiger partial charge in [-0.3, -0.25) is 0 Å². The van der Waals surface area contributed by atoms with E-state index in [2.05, 4.69) is 45.0 Å². The van der Waals surface area contributed by atoms with Gasteiger partial charge in [-0.2, -0.15) is 0 Å². The van der Waals surface area contributed by atoms with Crippen molar-refractivity contribution in [2.45, 2.75) is 26.7 Å². The summed E-state index contributed by atoms with van der Waals surface area (Å²) in [5.74, 6) is 1.53. The zero-order valence-electron chi connectivity index (χ0n) is 10.3. The zero-order chi connectivity index (χ0) is 11.6. The van der Waals surface area contributed by atoms with E-state index in [1.54, 1.807) is 0 Å². The Morgan fingerprint density at radius 2 is 1.88 bits per heavy atom. The molecule has 2 heteroatoms. The Kier molecular flexibility index (Phi) is 3.20. The van der Waals surface area contributed by atoms with Crippen LogP contribution in [0.4, 0.5) is 0 Å². The van der Waals surface area contributed by atoms with E-state index < -0.39 is 0 Å². The first-order valence-corrected chi connectivity index (χ1v) is 5.90. The molecule has 16 heavy (non-hydrogen) atoms. The first kappa shape index (κ1) is 11.5. The minimum absolute atomic E-state index is 0.219. The third kappa shape index (κ3) is 2.56. The molecule has 0 bridgehead atoms. The van der Waals surface area contributed by atoms with Gasteiger partial charge in [0.25, 0.3) is 0 Å². The molecule has 0 saturated carbocycles. The van der Waals surface area contributed by atoms with E-state index in [0.717, 1.165) is 25.6 Å². The second kappa shape index (κ2) is 4.46. The van der Waals surface area contributed by atoms with Crippen molar-refractivity contribution >= 4 is 0 Å². The molecule has 0 radical (unpaired) electrons. The van der Waals surface area contributed by atoms with Crippen molar-refractivity contribution in [2.75, 3.05) is 19.8 Å². The lowest BCUT2D eigenvalue weighted by Gasteiger charge is -2.37. The van der Waals surface area contributed by atoms with Crippen LogP contribution in [0.2, 0.25) is 0 Å². The standard InChI is InChI=1S/C14H20O2/c1-11(2)12-4-6-13(7-5-12)16-10-14(3)8-15-9-14/h4-7,11H,8-10H2,1-3H3. The second-order valence-electron chi connectivity index (χ2n) is 5.32. The van der Waals surface area contributed by atoms with Crippen LogP contribution < -0.4 is 4.74 Å². The Balaban J connectivity index is 1.90. The van der Waals surface area contributed by atoms with Crippen LogP contribution >= 0.6 is 0 Å². The Morgan fingerprint density at radius 1 is 1.25 bits per heavy atom. The van der Waals surface area contributed by atoms with Crippen LogP contribution in [0.1, 0.15) is 32.3 Å². The second-order valence-corrected chi connectivity index (χ2v) is 5.32. The van der Waals surface area contributed by atoms with Crippen LogP contribution in [-0.4, -0.2) is 19.8 Å². The summed E-state index contributed by atoms with van der Waals surface area (Å²) in [7, 11) is 0. The summed E-state index contributed by atoms with van der Waals surface area (Å²) < 4.78 is 11.0. The summed E-state index contributed by atoms with van der Waals surface area (Å²) in [6.07, 6.45) is 0. The van der Waals surface area contributed by atoms with Gasteiger partial charge in [0.15, 0.2) is 0 Å². The van der Waals surface area contributed by atoms with Crippen LogP contribution in [0.3, 0.4) is 0 Å². The molecule has 1 aliphatic heterocycles. The molecule has 0 aromatic heterocycles. The maximum Gasteiger partial charge on any atom is 0.119 e. The molecule has 1 aromatic carbocycles. The van der Waals surface area contributed by atoms with Gasteiger partial charge in [0.05, 0.1) is 19.8 Å². The van der Waals surface area contributed by atoms with Gasteiger partial charge in [0.1, 0.15) is 5.75 Å². The summed E-state index contributed by atoms with van der Waals surface area (Å²) in [5, 5.41) is 0. The van der Waals surface area contributed by atoms with E-state index >= 15 is 0 Å². The van der Waals surface area contributed by atoms with Gasteiger partial charge >= 0.3 is 0 Å². The summed E-state index contributed by atoms with van der Waals surface area (Å²) in [6.45, 7) is 8.96. The first-order chi connectivity index (χ1) is 7.59. The molecular weight excluding hydrogens is 200 g/mol. The molecule has 0 atom stereocenters. The minimum Gasteiger partial charge on any atom is -0.493 e. The molecule has 0 spiro atoms. The molecule has 0 amide bonds. The normalized spacial score (nSPS) is 18.2. The smallest absolute Gasteiger partial charge is 0.119 e. The Labute approximate surface area is 97.6 Å². The molecule has 2 nitrogen and oxygen atoms in total. The summed E-state index contributed by atoms with van der Waals surface area (Å²) in [4.78, 5) is 0. The zero-order valence-corrected chi connectivity index (χ0v) is 10.3. The number of ether oxygens (including phenoxy) is 2. The van der Waals surface area contributed by atoms with Crippen molar-refractivity contribution in [3.63, 3.8) is 0 Å². The van der Waals surface area contributed by atoms with Crippen LogP contribution in [0.25, 0.3) is 0 Å². The Bertz CT molecular complexity index is 336. The largest absolute Gasteiger partial charge is 0.493 e. The van der Waals surface area contributed by atoms with Gasteiger partial charge in [-0.05, 0) is 23.6 Å². The average molecular weight is 220 g/mol. The van der Waals surface area contributed by atoms with Crippen LogP contribution in [0.15, 0.2) is 24.3 Å². The van der Waals surface area contributed by atoms with E-state index in [9.17, 15) is 0 Å². The van der Waals surface area contributed by atoms with Gasteiger partial charge in [-0.25, -0.2) is 0 Å². The van der Waals surface area contributed by atoms with Crippen LogP contribution in [0.5, 0.6) is 5.75 Å². The van der Waals surface area contributed by atoms with Gasteiger partial charge in [0, 0.05) is 5.41 Å². The van der Waals surface area contributed by atoms with Gasteiger partial charge in [-0.15, -0.1) is 0 Å². The minimum atomic E-state index is 0.219. The Hall–Kier alpha value is -1.02. The van der Waals surface area contributed by atoms with Gasteiger partial charge in [0.2, 0.25) is 0 Å². The highest BCUT2D eigenvalue weighted by Crippen LogP contribution is 2.28. The average Bonchev–Trinajstić information content (AvgIpc) is 2.24.